The van der Waals surface area contributed by atoms with E-state index in [0.717, 1.165) is 42.7 Å². The summed E-state index contributed by atoms with van der Waals surface area (Å²) in [6.07, 6.45) is 1.04. The molecule has 0 aliphatic heterocycles. The number of rotatable bonds is 7. The Morgan fingerprint density at radius 1 is 1.14 bits per heavy atom. The SMILES string of the molecule is CCCNc1nc(-c2sccc2C)nc(N(CC)CC)n1. The van der Waals surface area contributed by atoms with E-state index >= 15 is 0 Å². The second-order valence-electron chi connectivity index (χ2n) is 4.81. The van der Waals surface area contributed by atoms with Crippen LogP contribution < -0.4 is 10.2 Å². The average Bonchev–Trinajstić information content (AvgIpc) is 2.92. The molecule has 0 bridgehead atoms. The number of anilines is 2. The molecule has 2 aromatic heterocycles. The molecule has 0 aromatic carbocycles. The third-order valence-corrected chi connectivity index (χ3v) is 4.28. The standard InChI is InChI=1S/C15H23N5S/c1-5-9-16-14-17-13(12-11(4)8-10-21-12)18-15(19-14)20(6-2)7-3/h8,10H,5-7,9H2,1-4H3,(H,16,17,18,19). The van der Waals surface area contributed by atoms with Crippen LogP contribution >= 0.6 is 11.3 Å². The number of aromatic nitrogens is 3. The molecule has 0 saturated heterocycles. The summed E-state index contributed by atoms with van der Waals surface area (Å²) in [7, 11) is 0. The van der Waals surface area contributed by atoms with Crippen molar-refractivity contribution in [3.05, 3.63) is 17.0 Å². The molecule has 114 valence electrons. The van der Waals surface area contributed by atoms with E-state index in [0.29, 0.717) is 5.95 Å². The van der Waals surface area contributed by atoms with E-state index in [4.69, 9.17) is 0 Å². The molecule has 0 unspecified atom stereocenters. The Balaban J connectivity index is 2.44. The van der Waals surface area contributed by atoms with Crippen molar-refractivity contribution in [3.8, 4) is 10.7 Å². The predicted molar refractivity (Wildman–Crippen MR) is 90.2 cm³/mol. The molecule has 2 heterocycles. The van der Waals surface area contributed by atoms with Gasteiger partial charge in [0, 0.05) is 19.6 Å². The molecule has 5 nitrogen and oxygen atoms in total. The maximum atomic E-state index is 4.66. The van der Waals surface area contributed by atoms with Crippen LogP contribution in [0.3, 0.4) is 0 Å². The Labute approximate surface area is 130 Å². The van der Waals surface area contributed by atoms with Gasteiger partial charge in [0.1, 0.15) is 0 Å². The average molecular weight is 305 g/mol. The van der Waals surface area contributed by atoms with Gasteiger partial charge in [-0.2, -0.15) is 15.0 Å². The summed E-state index contributed by atoms with van der Waals surface area (Å²) in [5, 5.41) is 5.35. The van der Waals surface area contributed by atoms with Gasteiger partial charge in [-0.25, -0.2) is 0 Å². The lowest BCUT2D eigenvalue weighted by Crippen LogP contribution is -2.25. The summed E-state index contributed by atoms with van der Waals surface area (Å²) < 4.78 is 0. The molecule has 0 saturated carbocycles. The normalized spacial score (nSPS) is 10.7. The van der Waals surface area contributed by atoms with Gasteiger partial charge in [0.25, 0.3) is 0 Å². The Morgan fingerprint density at radius 2 is 1.90 bits per heavy atom. The van der Waals surface area contributed by atoms with Crippen molar-refractivity contribution < 1.29 is 0 Å². The summed E-state index contributed by atoms with van der Waals surface area (Å²) in [5.41, 5.74) is 1.21. The third kappa shape index (κ3) is 3.69. The zero-order valence-electron chi connectivity index (χ0n) is 13.2. The minimum Gasteiger partial charge on any atom is -0.354 e. The van der Waals surface area contributed by atoms with Gasteiger partial charge in [-0.1, -0.05) is 6.92 Å². The first kappa shape index (κ1) is 15.7. The maximum absolute atomic E-state index is 4.66. The molecule has 2 rings (SSSR count). The number of nitrogens with one attached hydrogen (secondary N) is 1. The largest absolute Gasteiger partial charge is 0.354 e. The van der Waals surface area contributed by atoms with Crippen LogP contribution in [0.4, 0.5) is 11.9 Å². The van der Waals surface area contributed by atoms with Crippen LogP contribution in [0.25, 0.3) is 10.7 Å². The molecule has 0 radical (unpaired) electrons. The molecule has 0 fully saturated rings. The Bertz CT molecular complexity index is 577. The molecule has 0 spiro atoms. The minimum atomic E-state index is 0.663. The highest BCUT2D eigenvalue weighted by Gasteiger charge is 2.14. The van der Waals surface area contributed by atoms with E-state index in [1.807, 2.05) is 0 Å². The summed E-state index contributed by atoms with van der Waals surface area (Å²) in [6, 6.07) is 2.10. The van der Waals surface area contributed by atoms with Crippen LogP contribution in [0.1, 0.15) is 32.8 Å². The summed E-state index contributed by atoms with van der Waals surface area (Å²) in [5.74, 6) is 2.17. The van der Waals surface area contributed by atoms with Gasteiger partial charge in [0.15, 0.2) is 5.82 Å². The molecule has 0 atom stereocenters. The van der Waals surface area contributed by atoms with Crippen LogP contribution in [0.5, 0.6) is 0 Å². The molecular formula is C15H23N5S. The van der Waals surface area contributed by atoms with Crippen LogP contribution in [0.15, 0.2) is 11.4 Å². The zero-order chi connectivity index (χ0) is 15.2. The van der Waals surface area contributed by atoms with Gasteiger partial charge < -0.3 is 10.2 Å². The van der Waals surface area contributed by atoms with Gasteiger partial charge >= 0.3 is 0 Å². The minimum absolute atomic E-state index is 0.663. The fraction of sp³-hybridized carbons (Fsp3) is 0.533. The monoisotopic (exact) mass is 305 g/mol. The molecule has 6 heteroatoms. The Hall–Kier alpha value is -1.69. The molecule has 21 heavy (non-hydrogen) atoms. The second-order valence-corrected chi connectivity index (χ2v) is 5.73. The van der Waals surface area contributed by atoms with Crippen LogP contribution in [-0.2, 0) is 0 Å². The van der Waals surface area contributed by atoms with Gasteiger partial charge in [-0.3, -0.25) is 0 Å². The summed E-state index contributed by atoms with van der Waals surface area (Å²) >= 11 is 1.67. The van der Waals surface area contributed by atoms with Gasteiger partial charge in [-0.15, -0.1) is 11.3 Å². The number of nitrogens with zero attached hydrogens (tertiary/aromatic N) is 4. The van der Waals surface area contributed by atoms with Gasteiger partial charge in [0.2, 0.25) is 11.9 Å². The Morgan fingerprint density at radius 3 is 2.48 bits per heavy atom. The van der Waals surface area contributed by atoms with Crippen LogP contribution in [0.2, 0.25) is 0 Å². The molecular weight excluding hydrogens is 282 g/mol. The lowest BCUT2D eigenvalue weighted by Gasteiger charge is -2.19. The fourth-order valence-electron chi connectivity index (χ4n) is 2.03. The third-order valence-electron chi connectivity index (χ3n) is 3.27. The van der Waals surface area contributed by atoms with Gasteiger partial charge in [0.05, 0.1) is 4.88 Å². The highest BCUT2D eigenvalue weighted by atomic mass is 32.1. The van der Waals surface area contributed by atoms with Crippen molar-refractivity contribution in [1.29, 1.82) is 0 Å². The summed E-state index contributed by atoms with van der Waals surface area (Å²) in [4.78, 5) is 17.0. The molecule has 0 aliphatic rings. The Kier molecular flexibility index (Phi) is 5.50. The van der Waals surface area contributed by atoms with E-state index < -0.39 is 0 Å². The van der Waals surface area contributed by atoms with Crippen molar-refractivity contribution in [2.45, 2.75) is 34.1 Å². The smallest absolute Gasteiger partial charge is 0.230 e. The first-order chi connectivity index (χ1) is 10.2. The number of aryl methyl sites for hydroxylation is 1. The highest BCUT2D eigenvalue weighted by Crippen LogP contribution is 2.27. The number of thiophene rings is 1. The van der Waals surface area contributed by atoms with E-state index in [1.54, 1.807) is 11.3 Å². The van der Waals surface area contributed by atoms with Crippen molar-refractivity contribution >= 4 is 23.2 Å². The number of hydrogen-bond donors (Lipinski definition) is 1. The van der Waals surface area contributed by atoms with Crippen molar-refractivity contribution in [2.75, 3.05) is 29.9 Å². The molecule has 0 amide bonds. The first-order valence-corrected chi connectivity index (χ1v) is 8.36. The zero-order valence-corrected chi connectivity index (χ0v) is 14.0. The predicted octanol–water partition coefficient (Wildman–Crippen LogP) is 3.58. The molecule has 2 aromatic rings. The maximum Gasteiger partial charge on any atom is 0.230 e. The molecule has 0 aliphatic carbocycles. The quantitative estimate of drug-likeness (QED) is 0.847. The van der Waals surface area contributed by atoms with E-state index in [9.17, 15) is 0 Å². The number of hydrogen-bond acceptors (Lipinski definition) is 6. The lowest BCUT2D eigenvalue weighted by molar-refractivity contribution is 0.812. The lowest BCUT2D eigenvalue weighted by atomic mass is 10.3. The van der Waals surface area contributed by atoms with Crippen molar-refractivity contribution in [2.24, 2.45) is 0 Å². The van der Waals surface area contributed by atoms with Crippen LogP contribution in [-0.4, -0.2) is 34.6 Å². The van der Waals surface area contributed by atoms with Gasteiger partial charge in [-0.05, 0) is 44.2 Å². The van der Waals surface area contributed by atoms with Crippen LogP contribution in [0, 0.1) is 6.92 Å². The van der Waals surface area contributed by atoms with E-state index in [1.165, 1.54) is 5.56 Å². The van der Waals surface area contributed by atoms with E-state index in [2.05, 4.69) is 64.3 Å². The summed E-state index contributed by atoms with van der Waals surface area (Å²) in [6.45, 7) is 11.1. The van der Waals surface area contributed by atoms with Crippen molar-refractivity contribution in [1.82, 2.24) is 15.0 Å². The fourth-order valence-corrected chi connectivity index (χ4v) is 2.89. The second kappa shape index (κ2) is 7.36. The topological polar surface area (TPSA) is 53.9 Å². The molecule has 1 N–H and O–H groups in total. The first-order valence-electron chi connectivity index (χ1n) is 7.48. The highest BCUT2D eigenvalue weighted by molar-refractivity contribution is 7.13. The van der Waals surface area contributed by atoms with Crippen molar-refractivity contribution in [3.63, 3.8) is 0 Å². The van der Waals surface area contributed by atoms with E-state index in [-0.39, 0.29) is 0 Å².